The van der Waals surface area contributed by atoms with E-state index in [1.54, 1.807) is 19.9 Å². The summed E-state index contributed by atoms with van der Waals surface area (Å²) in [7, 11) is -2.23. The van der Waals surface area contributed by atoms with E-state index in [9.17, 15) is 13.2 Å². The van der Waals surface area contributed by atoms with Gasteiger partial charge in [-0.2, -0.15) is 0 Å². The fourth-order valence-corrected chi connectivity index (χ4v) is 3.50. The zero-order valence-electron chi connectivity index (χ0n) is 13.1. The van der Waals surface area contributed by atoms with Crippen LogP contribution in [0.5, 0.6) is 0 Å². The lowest BCUT2D eigenvalue weighted by molar-refractivity contribution is 0.0944. The van der Waals surface area contributed by atoms with Crippen molar-refractivity contribution in [3.05, 3.63) is 28.8 Å². The molecule has 1 aliphatic heterocycles. The van der Waals surface area contributed by atoms with Crippen molar-refractivity contribution in [2.24, 2.45) is 5.92 Å². The predicted octanol–water partition coefficient (Wildman–Crippen LogP) is 0.978. The molecule has 0 saturated carbocycles. The topological polar surface area (TPSA) is 84.5 Å². The van der Waals surface area contributed by atoms with Crippen molar-refractivity contribution in [3.8, 4) is 0 Å². The minimum Gasteiger partial charge on any atom is -0.381 e. The smallest absolute Gasteiger partial charge is 0.251 e. The summed E-state index contributed by atoms with van der Waals surface area (Å²) in [4.78, 5) is 12.4. The summed E-state index contributed by atoms with van der Waals surface area (Å²) < 4.78 is 31.7. The molecule has 22 heavy (non-hydrogen) atoms. The molecule has 7 heteroatoms. The number of aryl methyl sites for hydroxylation is 1. The number of benzene rings is 1. The number of amides is 1. The van der Waals surface area contributed by atoms with Crippen LogP contribution in [-0.4, -0.2) is 41.1 Å². The number of nitrogens with one attached hydrogen (secondary N) is 2. The van der Waals surface area contributed by atoms with E-state index < -0.39 is 10.0 Å². The molecule has 0 aliphatic carbocycles. The molecule has 0 unspecified atom stereocenters. The number of carbonyl (C=O) groups is 1. The second-order valence-electron chi connectivity index (χ2n) is 5.56. The summed E-state index contributed by atoms with van der Waals surface area (Å²) in [6.07, 6.45) is 0.937. The van der Waals surface area contributed by atoms with Gasteiger partial charge in [-0.3, -0.25) is 4.79 Å². The average molecular weight is 326 g/mol. The maximum Gasteiger partial charge on any atom is 0.251 e. The number of ether oxygens (including phenoxy) is 1. The second kappa shape index (κ2) is 6.76. The standard InChI is InChI=1S/C15H22N2O4S/c1-10-6-13(7-14(11(10)2)22(19,20)16-3)15(18)17-8-12-4-5-21-9-12/h6-7,12,16H,4-5,8-9H2,1-3H3,(H,17,18)/t12-/m0/s1. The van der Waals surface area contributed by atoms with Gasteiger partial charge in [-0.15, -0.1) is 0 Å². The van der Waals surface area contributed by atoms with Crippen molar-refractivity contribution in [1.82, 2.24) is 10.0 Å². The van der Waals surface area contributed by atoms with Crippen LogP contribution in [0, 0.1) is 19.8 Å². The van der Waals surface area contributed by atoms with Gasteiger partial charge in [0.1, 0.15) is 0 Å². The third-order valence-electron chi connectivity index (χ3n) is 4.02. The van der Waals surface area contributed by atoms with E-state index in [0.717, 1.165) is 18.6 Å². The summed E-state index contributed by atoms with van der Waals surface area (Å²) in [5.74, 6) is 0.0681. The van der Waals surface area contributed by atoms with Gasteiger partial charge in [0, 0.05) is 24.6 Å². The Morgan fingerprint density at radius 1 is 1.36 bits per heavy atom. The highest BCUT2D eigenvalue weighted by molar-refractivity contribution is 7.89. The van der Waals surface area contributed by atoms with E-state index in [1.807, 2.05) is 0 Å². The van der Waals surface area contributed by atoms with Gasteiger partial charge in [0.05, 0.1) is 11.5 Å². The molecule has 1 saturated heterocycles. The first-order chi connectivity index (χ1) is 10.3. The summed E-state index contributed by atoms with van der Waals surface area (Å²) in [5.41, 5.74) is 1.77. The van der Waals surface area contributed by atoms with Gasteiger partial charge in [0.25, 0.3) is 5.91 Å². The molecule has 1 aromatic rings. The molecule has 1 fully saturated rings. The Hall–Kier alpha value is -1.44. The Morgan fingerprint density at radius 3 is 2.68 bits per heavy atom. The molecular weight excluding hydrogens is 304 g/mol. The first kappa shape index (κ1) is 16.9. The molecule has 1 aliphatic rings. The minimum atomic E-state index is -3.59. The highest BCUT2D eigenvalue weighted by Crippen LogP contribution is 2.21. The van der Waals surface area contributed by atoms with Crippen molar-refractivity contribution < 1.29 is 17.9 Å². The summed E-state index contributed by atoms with van der Waals surface area (Å²) in [6.45, 7) is 5.46. The summed E-state index contributed by atoms with van der Waals surface area (Å²) in [5, 5.41) is 2.85. The van der Waals surface area contributed by atoms with Crippen LogP contribution in [0.4, 0.5) is 0 Å². The quantitative estimate of drug-likeness (QED) is 0.845. The van der Waals surface area contributed by atoms with Crippen LogP contribution < -0.4 is 10.0 Å². The van der Waals surface area contributed by atoms with Crippen LogP contribution in [0.3, 0.4) is 0 Å². The maximum absolute atomic E-state index is 12.3. The minimum absolute atomic E-state index is 0.143. The molecule has 122 valence electrons. The predicted molar refractivity (Wildman–Crippen MR) is 83.4 cm³/mol. The summed E-state index contributed by atoms with van der Waals surface area (Å²) >= 11 is 0. The van der Waals surface area contributed by atoms with Gasteiger partial charge in [0.2, 0.25) is 10.0 Å². The second-order valence-corrected chi connectivity index (χ2v) is 7.42. The van der Waals surface area contributed by atoms with Crippen LogP contribution >= 0.6 is 0 Å². The third-order valence-corrected chi connectivity index (χ3v) is 5.56. The van der Waals surface area contributed by atoms with E-state index in [1.165, 1.54) is 13.1 Å². The highest BCUT2D eigenvalue weighted by atomic mass is 32.2. The normalized spacial score (nSPS) is 18.4. The fourth-order valence-electron chi connectivity index (χ4n) is 2.43. The number of hydrogen-bond donors (Lipinski definition) is 2. The van der Waals surface area contributed by atoms with Crippen LogP contribution in [0.25, 0.3) is 0 Å². The first-order valence-corrected chi connectivity index (χ1v) is 8.74. The average Bonchev–Trinajstić information content (AvgIpc) is 3.00. The summed E-state index contributed by atoms with van der Waals surface area (Å²) in [6, 6.07) is 3.14. The Morgan fingerprint density at radius 2 is 2.09 bits per heavy atom. The van der Waals surface area contributed by atoms with E-state index in [0.29, 0.717) is 30.2 Å². The van der Waals surface area contributed by atoms with Crippen molar-refractivity contribution in [3.63, 3.8) is 0 Å². The van der Waals surface area contributed by atoms with Gasteiger partial charge in [0.15, 0.2) is 0 Å². The van der Waals surface area contributed by atoms with E-state index in [4.69, 9.17) is 4.74 Å². The van der Waals surface area contributed by atoms with E-state index in [-0.39, 0.29) is 10.8 Å². The Kier molecular flexibility index (Phi) is 5.20. The number of rotatable bonds is 5. The van der Waals surface area contributed by atoms with Crippen LogP contribution in [0.15, 0.2) is 17.0 Å². The lowest BCUT2D eigenvalue weighted by Gasteiger charge is -2.13. The van der Waals surface area contributed by atoms with Crippen molar-refractivity contribution in [2.75, 3.05) is 26.8 Å². The maximum atomic E-state index is 12.3. The lowest BCUT2D eigenvalue weighted by Crippen LogP contribution is -2.30. The highest BCUT2D eigenvalue weighted by Gasteiger charge is 2.21. The van der Waals surface area contributed by atoms with Crippen LogP contribution in [0.1, 0.15) is 27.9 Å². The Bertz CT molecular complexity index is 664. The van der Waals surface area contributed by atoms with Gasteiger partial charge in [-0.25, -0.2) is 13.1 Å². The molecule has 1 aromatic carbocycles. The van der Waals surface area contributed by atoms with Gasteiger partial charge in [-0.05, 0) is 50.6 Å². The molecule has 0 spiro atoms. The molecule has 2 N–H and O–H groups in total. The Labute approximate surface area is 131 Å². The van der Waals surface area contributed by atoms with Crippen molar-refractivity contribution in [2.45, 2.75) is 25.2 Å². The molecule has 0 aromatic heterocycles. The van der Waals surface area contributed by atoms with Gasteiger partial charge < -0.3 is 10.1 Å². The SMILES string of the molecule is CNS(=O)(=O)c1cc(C(=O)NC[C@@H]2CCOC2)cc(C)c1C. The van der Waals surface area contributed by atoms with Gasteiger partial charge >= 0.3 is 0 Å². The van der Waals surface area contributed by atoms with E-state index >= 15 is 0 Å². The zero-order valence-corrected chi connectivity index (χ0v) is 13.9. The third kappa shape index (κ3) is 3.66. The number of hydrogen-bond acceptors (Lipinski definition) is 4. The molecule has 0 radical (unpaired) electrons. The van der Waals surface area contributed by atoms with Crippen LogP contribution in [-0.2, 0) is 14.8 Å². The van der Waals surface area contributed by atoms with Gasteiger partial charge in [-0.1, -0.05) is 0 Å². The lowest BCUT2D eigenvalue weighted by atomic mass is 10.1. The molecular formula is C15H22N2O4S. The molecule has 6 nitrogen and oxygen atoms in total. The first-order valence-electron chi connectivity index (χ1n) is 7.26. The fraction of sp³-hybridized carbons (Fsp3) is 0.533. The van der Waals surface area contributed by atoms with Crippen LogP contribution in [0.2, 0.25) is 0 Å². The number of carbonyl (C=O) groups excluding carboxylic acids is 1. The van der Waals surface area contributed by atoms with Crippen molar-refractivity contribution in [1.29, 1.82) is 0 Å². The van der Waals surface area contributed by atoms with E-state index in [2.05, 4.69) is 10.0 Å². The number of sulfonamides is 1. The molecule has 0 bridgehead atoms. The zero-order chi connectivity index (χ0) is 16.3. The molecule has 1 atom stereocenters. The molecule has 1 amide bonds. The molecule has 1 heterocycles. The van der Waals surface area contributed by atoms with Crippen molar-refractivity contribution >= 4 is 15.9 Å². The largest absolute Gasteiger partial charge is 0.381 e. The molecule has 2 rings (SSSR count). The Balaban J connectivity index is 2.21. The monoisotopic (exact) mass is 326 g/mol.